The summed E-state index contributed by atoms with van der Waals surface area (Å²) in [5.41, 5.74) is 2.64. The fourth-order valence-electron chi connectivity index (χ4n) is 3.31. The molecule has 1 aromatic carbocycles. The summed E-state index contributed by atoms with van der Waals surface area (Å²) in [6.07, 6.45) is 2.54. The van der Waals surface area contributed by atoms with E-state index in [0.717, 1.165) is 29.8 Å². The molecule has 1 heterocycles. The van der Waals surface area contributed by atoms with Gasteiger partial charge in [-0.3, -0.25) is 4.79 Å². The van der Waals surface area contributed by atoms with Crippen LogP contribution in [0.5, 0.6) is 0 Å². The van der Waals surface area contributed by atoms with Gasteiger partial charge in [-0.25, -0.2) is 9.48 Å². The van der Waals surface area contributed by atoms with Crippen LogP contribution in [0.1, 0.15) is 58.2 Å². The first-order valence-electron chi connectivity index (χ1n) is 11.7. The van der Waals surface area contributed by atoms with Crippen LogP contribution in [0.25, 0.3) is 5.69 Å². The number of urea groups is 1. The molecule has 0 fully saturated rings. The molecule has 182 valence electrons. The topological polar surface area (TPSA) is 88.5 Å². The van der Waals surface area contributed by atoms with Crippen molar-refractivity contribution in [3.05, 3.63) is 41.6 Å². The lowest BCUT2D eigenvalue weighted by Crippen LogP contribution is -2.45. The van der Waals surface area contributed by atoms with E-state index < -0.39 is 0 Å². The Labute approximate surface area is 197 Å². The van der Waals surface area contributed by atoms with Crippen molar-refractivity contribution >= 4 is 17.8 Å². The van der Waals surface area contributed by atoms with E-state index in [-0.39, 0.29) is 23.9 Å². The zero-order valence-corrected chi connectivity index (χ0v) is 20.9. The van der Waals surface area contributed by atoms with Gasteiger partial charge < -0.3 is 20.3 Å². The normalized spacial score (nSPS) is 11.3. The second-order valence-corrected chi connectivity index (χ2v) is 9.26. The van der Waals surface area contributed by atoms with Crippen molar-refractivity contribution in [1.29, 1.82) is 0 Å². The predicted molar refractivity (Wildman–Crippen MR) is 132 cm³/mol. The number of amides is 3. The van der Waals surface area contributed by atoms with E-state index in [4.69, 9.17) is 9.84 Å². The molecular weight excluding hydrogens is 418 g/mol. The second kappa shape index (κ2) is 12.4. The molecule has 2 N–H and O–H groups in total. The van der Waals surface area contributed by atoms with Crippen LogP contribution >= 0.6 is 0 Å². The third kappa shape index (κ3) is 7.89. The van der Waals surface area contributed by atoms with Crippen molar-refractivity contribution in [2.45, 2.75) is 59.3 Å². The first-order chi connectivity index (χ1) is 15.7. The number of benzene rings is 1. The lowest BCUT2D eigenvalue weighted by Gasteiger charge is -2.22. The molecule has 3 amide bonds. The number of methoxy groups -OCH3 is 1. The summed E-state index contributed by atoms with van der Waals surface area (Å²) in [5.74, 6) is 0.315. The monoisotopic (exact) mass is 457 g/mol. The number of anilines is 1. The molecule has 1 aromatic heterocycles. The lowest BCUT2D eigenvalue weighted by molar-refractivity contribution is -0.116. The fraction of sp³-hybridized carbons (Fsp3) is 0.560. The number of nitrogens with zero attached hydrogens (tertiary/aromatic N) is 3. The van der Waals surface area contributed by atoms with E-state index in [0.29, 0.717) is 31.9 Å². The molecule has 0 saturated carbocycles. The Bertz CT molecular complexity index is 917. The number of hydrogen-bond donors (Lipinski definition) is 2. The van der Waals surface area contributed by atoms with Gasteiger partial charge >= 0.3 is 6.03 Å². The van der Waals surface area contributed by atoms with Crippen LogP contribution in [-0.4, -0.2) is 60.0 Å². The highest BCUT2D eigenvalue weighted by molar-refractivity contribution is 5.94. The number of rotatable bonds is 11. The molecule has 8 heteroatoms. The molecule has 0 atom stereocenters. The molecule has 8 nitrogen and oxygen atoms in total. The van der Waals surface area contributed by atoms with Gasteiger partial charge in [0.2, 0.25) is 5.91 Å². The average Bonchev–Trinajstić information content (AvgIpc) is 3.17. The number of aromatic nitrogens is 2. The summed E-state index contributed by atoms with van der Waals surface area (Å²) >= 11 is 0. The number of para-hydroxylation sites is 1. The number of ether oxygens (including phenoxy) is 1. The van der Waals surface area contributed by atoms with Gasteiger partial charge in [0.15, 0.2) is 0 Å². The highest BCUT2D eigenvalue weighted by atomic mass is 16.5. The molecule has 0 spiro atoms. The summed E-state index contributed by atoms with van der Waals surface area (Å²) in [6, 6.07) is 9.57. The molecule has 0 radical (unpaired) electrons. The van der Waals surface area contributed by atoms with Gasteiger partial charge in [-0.1, -0.05) is 52.3 Å². The van der Waals surface area contributed by atoms with E-state index in [1.807, 2.05) is 37.3 Å². The second-order valence-electron chi connectivity index (χ2n) is 9.26. The first kappa shape index (κ1) is 26.4. The van der Waals surface area contributed by atoms with E-state index in [9.17, 15) is 9.59 Å². The van der Waals surface area contributed by atoms with Gasteiger partial charge in [0.1, 0.15) is 12.4 Å². The van der Waals surface area contributed by atoms with Crippen LogP contribution < -0.4 is 10.6 Å². The van der Waals surface area contributed by atoms with Crippen molar-refractivity contribution < 1.29 is 14.3 Å². The Morgan fingerprint density at radius 2 is 1.91 bits per heavy atom. The number of unbranched alkanes of at least 4 members (excludes halogenated alkanes) is 1. The number of hydrogen-bond acceptors (Lipinski definition) is 4. The molecule has 0 aliphatic carbocycles. The van der Waals surface area contributed by atoms with Gasteiger partial charge in [-0.05, 0) is 31.4 Å². The Balaban J connectivity index is 2.22. The Morgan fingerprint density at radius 1 is 1.18 bits per heavy atom. The Morgan fingerprint density at radius 3 is 2.55 bits per heavy atom. The van der Waals surface area contributed by atoms with E-state index in [1.54, 1.807) is 11.8 Å². The van der Waals surface area contributed by atoms with Crippen molar-refractivity contribution in [2.75, 3.05) is 38.7 Å². The zero-order valence-electron chi connectivity index (χ0n) is 20.9. The van der Waals surface area contributed by atoms with E-state index >= 15 is 0 Å². The standard InChI is InChI=1S/C25H39N5O3/c1-7-8-14-26-24(32)29(15-11-16-33-6)18-23(31)27-22-17-21(25(3,4)5)28-30(22)20-13-10-9-12-19(20)2/h9-10,12-13,17H,7-8,11,14-16,18H2,1-6H3,(H,26,32)(H,27,31). The SMILES string of the molecule is CCCCNC(=O)N(CCCOC)CC(=O)Nc1cc(C(C)(C)C)nn1-c1ccccc1C. The van der Waals surface area contributed by atoms with Crippen molar-refractivity contribution in [3.8, 4) is 5.69 Å². The van der Waals surface area contributed by atoms with E-state index in [1.165, 1.54) is 4.90 Å². The zero-order chi connectivity index (χ0) is 24.4. The van der Waals surface area contributed by atoms with Crippen LogP contribution in [-0.2, 0) is 14.9 Å². The molecular formula is C25H39N5O3. The van der Waals surface area contributed by atoms with Gasteiger partial charge in [0.05, 0.1) is 11.4 Å². The number of aryl methyl sites for hydroxylation is 1. The summed E-state index contributed by atoms with van der Waals surface area (Å²) in [6.45, 7) is 11.8. The van der Waals surface area contributed by atoms with Crippen molar-refractivity contribution in [3.63, 3.8) is 0 Å². The van der Waals surface area contributed by atoms with Gasteiger partial charge in [0, 0.05) is 38.3 Å². The van der Waals surface area contributed by atoms with Crippen LogP contribution in [0.4, 0.5) is 10.6 Å². The smallest absolute Gasteiger partial charge is 0.317 e. The van der Waals surface area contributed by atoms with Crippen molar-refractivity contribution in [2.24, 2.45) is 0 Å². The summed E-state index contributed by atoms with van der Waals surface area (Å²) in [4.78, 5) is 27.2. The highest BCUT2D eigenvalue weighted by Gasteiger charge is 2.23. The van der Waals surface area contributed by atoms with Crippen molar-refractivity contribution in [1.82, 2.24) is 20.0 Å². The third-order valence-electron chi connectivity index (χ3n) is 5.29. The molecule has 0 aliphatic rings. The maximum absolute atomic E-state index is 13.0. The van der Waals surface area contributed by atoms with E-state index in [2.05, 4.69) is 38.3 Å². The fourth-order valence-corrected chi connectivity index (χ4v) is 3.31. The van der Waals surface area contributed by atoms with Crippen LogP contribution in [0.3, 0.4) is 0 Å². The average molecular weight is 458 g/mol. The Kier molecular flexibility index (Phi) is 9.91. The van der Waals surface area contributed by atoms with Crippen LogP contribution in [0.15, 0.2) is 30.3 Å². The van der Waals surface area contributed by atoms with Crippen LogP contribution in [0, 0.1) is 6.92 Å². The quantitative estimate of drug-likeness (QED) is 0.493. The predicted octanol–water partition coefficient (Wildman–Crippen LogP) is 4.26. The third-order valence-corrected chi connectivity index (χ3v) is 5.29. The number of nitrogens with one attached hydrogen (secondary N) is 2. The lowest BCUT2D eigenvalue weighted by atomic mass is 9.92. The minimum atomic E-state index is -0.270. The molecule has 0 saturated heterocycles. The maximum atomic E-state index is 13.0. The maximum Gasteiger partial charge on any atom is 0.317 e. The molecule has 0 aliphatic heterocycles. The molecule has 0 unspecified atom stereocenters. The minimum Gasteiger partial charge on any atom is -0.385 e. The molecule has 33 heavy (non-hydrogen) atoms. The molecule has 0 bridgehead atoms. The summed E-state index contributed by atoms with van der Waals surface area (Å²) in [5, 5.41) is 10.7. The minimum absolute atomic E-state index is 0.0501. The Hall–Kier alpha value is -2.87. The number of carbonyl (C=O) groups excluding carboxylic acids is 2. The van der Waals surface area contributed by atoms with Gasteiger partial charge in [-0.2, -0.15) is 5.10 Å². The van der Waals surface area contributed by atoms with Crippen LogP contribution in [0.2, 0.25) is 0 Å². The summed E-state index contributed by atoms with van der Waals surface area (Å²) < 4.78 is 6.88. The largest absolute Gasteiger partial charge is 0.385 e. The first-order valence-corrected chi connectivity index (χ1v) is 11.7. The van der Waals surface area contributed by atoms with Gasteiger partial charge in [0.25, 0.3) is 0 Å². The van der Waals surface area contributed by atoms with Gasteiger partial charge in [-0.15, -0.1) is 0 Å². The summed E-state index contributed by atoms with van der Waals surface area (Å²) in [7, 11) is 1.62. The number of carbonyl (C=O) groups is 2. The molecule has 2 rings (SSSR count). The molecule has 2 aromatic rings. The highest BCUT2D eigenvalue weighted by Crippen LogP contribution is 2.27.